The van der Waals surface area contributed by atoms with E-state index in [2.05, 4.69) is 19.9 Å². The summed E-state index contributed by atoms with van der Waals surface area (Å²) in [6, 6.07) is 5.98. The molecule has 25 heavy (non-hydrogen) atoms. The molecule has 0 N–H and O–H groups in total. The van der Waals surface area contributed by atoms with E-state index in [1.54, 1.807) is 7.11 Å². The van der Waals surface area contributed by atoms with Crippen LogP contribution in [0.25, 0.3) is 0 Å². The molecule has 1 heterocycles. The fourth-order valence-electron chi connectivity index (χ4n) is 2.82. The number of ether oxygens (including phenoxy) is 4. The Morgan fingerprint density at radius 1 is 1.36 bits per heavy atom. The third-order valence-electron chi connectivity index (χ3n) is 4.43. The van der Waals surface area contributed by atoms with E-state index < -0.39 is 0 Å². The number of rotatable bonds is 10. The minimum absolute atomic E-state index is 0.123. The van der Waals surface area contributed by atoms with Crippen molar-refractivity contribution < 1.29 is 18.9 Å². The zero-order valence-corrected chi connectivity index (χ0v) is 16.2. The lowest BCUT2D eigenvalue weighted by Crippen LogP contribution is -2.36. The molecule has 1 aromatic rings. The highest BCUT2D eigenvalue weighted by Gasteiger charge is 2.31. The van der Waals surface area contributed by atoms with E-state index in [1.165, 1.54) is 11.1 Å². The predicted molar refractivity (Wildman–Crippen MR) is 101 cm³/mol. The van der Waals surface area contributed by atoms with E-state index in [9.17, 15) is 0 Å². The number of aryl methyl sites for hydroxylation is 1. The van der Waals surface area contributed by atoms with Crippen LogP contribution < -0.4 is 9.47 Å². The number of fused-ring (bicyclic) bond motifs is 1. The molecular weight excluding hydrogens is 340 g/mol. The molecule has 0 aliphatic carbocycles. The van der Waals surface area contributed by atoms with Crippen LogP contribution in [0, 0.1) is 0 Å². The number of benzene rings is 1. The minimum Gasteiger partial charge on any atom is -0.487 e. The summed E-state index contributed by atoms with van der Waals surface area (Å²) >= 11 is 5.82. The summed E-state index contributed by atoms with van der Waals surface area (Å²) in [6.07, 6.45) is 6.18. The maximum Gasteiger partial charge on any atom is 0.189 e. The van der Waals surface area contributed by atoms with Gasteiger partial charge in [0.25, 0.3) is 0 Å². The molecule has 4 nitrogen and oxygen atoms in total. The summed E-state index contributed by atoms with van der Waals surface area (Å²) < 4.78 is 22.2. The monoisotopic (exact) mass is 368 g/mol. The van der Waals surface area contributed by atoms with Crippen molar-refractivity contribution >= 4 is 11.6 Å². The third-order valence-corrected chi connectivity index (χ3v) is 4.85. The van der Waals surface area contributed by atoms with Crippen molar-refractivity contribution in [3.8, 4) is 11.5 Å². The van der Waals surface area contributed by atoms with Gasteiger partial charge in [-0.05, 0) is 63.3 Å². The van der Waals surface area contributed by atoms with Gasteiger partial charge in [0, 0.05) is 13.0 Å². The van der Waals surface area contributed by atoms with E-state index in [0.717, 1.165) is 37.2 Å². The summed E-state index contributed by atoms with van der Waals surface area (Å²) in [6.45, 7) is 5.58. The molecule has 0 bridgehead atoms. The molecule has 0 spiro atoms. The first-order chi connectivity index (χ1) is 12.1. The first-order valence-corrected chi connectivity index (χ1v) is 9.33. The maximum atomic E-state index is 6.28. The average Bonchev–Trinajstić information content (AvgIpc) is 2.61. The van der Waals surface area contributed by atoms with Crippen molar-refractivity contribution in [1.29, 1.82) is 0 Å². The Kier molecular flexibility index (Phi) is 8.07. The van der Waals surface area contributed by atoms with Gasteiger partial charge in [0.05, 0.1) is 13.2 Å². The van der Waals surface area contributed by atoms with E-state index in [1.807, 2.05) is 18.2 Å². The van der Waals surface area contributed by atoms with Gasteiger partial charge in [-0.15, -0.1) is 11.6 Å². The third kappa shape index (κ3) is 6.53. The maximum absolute atomic E-state index is 6.28. The fraction of sp³-hybridized carbons (Fsp3) is 0.600. The molecule has 5 heteroatoms. The number of halogens is 1. The summed E-state index contributed by atoms with van der Waals surface area (Å²) in [5.41, 5.74) is 2.29. The summed E-state index contributed by atoms with van der Waals surface area (Å²) in [7, 11) is 1.65. The van der Waals surface area contributed by atoms with E-state index >= 15 is 0 Å². The van der Waals surface area contributed by atoms with Crippen molar-refractivity contribution in [3.63, 3.8) is 0 Å². The molecular formula is C20H29ClO4. The zero-order valence-electron chi connectivity index (χ0n) is 15.5. The zero-order chi connectivity index (χ0) is 18.1. The second kappa shape index (κ2) is 10.0. The van der Waals surface area contributed by atoms with Gasteiger partial charge in [-0.2, -0.15) is 0 Å². The SMILES string of the molecule is COCCOCOc1ccc2c(c1)CCC(C)(CC/C=C(\C)CCl)O2. The van der Waals surface area contributed by atoms with Gasteiger partial charge in [-0.25, -0.2) is 0 Å². The molecule has 0 radical (unpaired) electrons. The molecule has 1 unspecified atom stereocenters. The molecule has 140 valence electrons. The first-order valence-electron chi connectivity index (χ1n) is 8.79. The van der Waals surface area contributed by atoms with Gasteiger partial charge in [-0.1, -0.05) is 11.6 Å². The largest absolute Gasteiger partial charge is 0.487 e. The summed E-state index contributed by atoms with van der Waals surface area (Å²) in [4.78, 5) is 0. The van der Waals surface area contributed by atoms with Crippen LogP contribution in [0.1, 0.15) is 38.7 Å². The van der Waals surface area contributed by atoms with Crippen LogP contribution in [-0.2, 0) is 15.9 Å². The molecule has 1 aromatic carbocycles. The topological polar surface area (TPSA) is 36.9 Å². The lowest BCUT2D eigenvalue weighted by Gasteiger charge is -2.36. The standard InChI is InChI=1S/C20H29ClO4/c1-16(14-21)5-4-9-20(2)10-8-17-13-18(6-7-19(17)25-20)24-15-23-12-11-22-3/h5-7,13H,4,8-12,14-15H2,1-3H3/b16-5+. The lowest BCUT2D eigenvalue weighted by molar-refractivity contribution is -0.00870. The molecule has 1 atom stereocenters. The van der Waals surface area contributed by atoms with Gasteiger partial charge in [0.15, 0.2) is 6.79 Å². The number of hydrogen-bond acceptors (Lipinski definition) is 4. The number of allylic oxidation sites excluding steroid dienone is 2. The normalized spacial score (nSPS) is 20.1. The van der Waals surface area contributed by atoms with Crippen molar-refractivity contribution in [3.05, 3.63) is 35.4 Å². The summed E-state index contributed by atoms with van der Waals surface area (Å²) in [5, 5.41) is 0. The number of hydrogen-bond donors (Lipinski definition) is 0. The smallest absolute Gasteiger partial charge is 0.189 e. The quantitative estimate of drug-likeness (QED) is 0.259. The molecule has 0 saturated carbocycles. The van der Waals surface area contributed by atoms with Gasteiger partial charge < -0.3 is 18.9 Å². The Bertz CT molecular complexity index is 573. The van der Waals surface area contributed by atoms with Gasteiger partial charge in [0.2, 0.25) is 0 Å². The predicted octanol–water partition coefficient (Wildman–Crippen LogP) is 4.73. The van der Waals surface area contributed by atoms with E-state index in [4.69, 9.17) is 30.5 Å². The van der Waals surface area contributed by atoms with Crippen LogP contribution in [0.4, 0.5) is 0 Å². The van der Waals surface area contributed by atoms with Gasteiger partial charge in [-0.3, -0.25) is 0 Å². The highest BCUT2D eigenvalue weighted by molar-refractivity contribution is 6.19. The van der Waals surface area contributed by atoms with Crippen molar-refractivity contribution in [2.45, 2.75) is 45.1 Å². The van der Waals surface area contributed by atoms with E-state index in [-0.39, 0.29) is 12.4 Å². The second-order valence-corrected chi connectivity index (χ2v) is 6.97. The highest BCUT2D eigenvalue weighted by atomic mass is 35.5. The lowest BCUT2D eigenvalue weighted by atomic mass is 9.88. The minimum atomic E-state index is -0.123. The molecule has 1 aliphatic rings. The second-order valence-electron chi connectivity index (χ2n) is 6.71. The first kappa shape index (κ1) is 20.1. The van der Waals surface area contributed by atoms with Crippen LogP contribution >= 0.6 is 11.6 Å². The Balaban J connectivity index is 1.86. The van der Waals surface area contributed by atoms with Crippen molar-refractivity contribution in [1.82, 2.24) is 0 Å². The average molecular weight is 369 g/mol. The Morgan fingerprint density at radius 3 is 2.96 bits per heavy atom. The summed E-state index contributed by atoms with van der Waals surface area (Å²) in [5.74, 6) is 2.36. The van der Waals surface area contributed by atoms with Crippen molar-refractivity contribution in [2.75, 3.05) is 33.0 Å². The molecule has 0 aromatic heterocycles. The molecule has 0 saturated heterocycles. The number of alkyl halides is 1. The Labute approximate surface area is 156 Å². The van der Waals surface area contributed by atoms with Crippen LogP contribution in [-0.4, -0.2) is 38.6 Å². The van der Waals surface area contributed by atoms with Crippen molar-refractivity contribution in [2.24, 2.45) is 0 Å². The van der Waals surface area contributed by atoms with Crippen LogP contribution in [0.15, 0.2) is 29.8 Å². The molecule has 2 rings (SSSR count). The fourth-order valence-corrected chi connectivity index (χ4v) is 2.93. The molecule has 0 amide bonds. The number of methoxy groups -OCH3 is 1. The highest BCUT2D eigenvalue weighted by Crippen LogP contribution is 2.37. The molecule has 0 fully saturated rings. The van der Waals surface area contributed by atoms with Crippen LogP contribution in [0.3, 0.4) is 0 Å². The molecule has 1 aliphatic heterocycles. The Morgan fingerprint density at radius 2 is 2.20 bits per heavy atom. The van der Waals surface area contributed by atoms with Gasteiger partial charge in [0.1, 0.15) is 17.1 Å². The Hall–Kier alpha value is -1.23. The van der Waals surface area contributed by atoms with Gasteiger partial charge >= 0.3 is 0 Å². The van der Waals surface area contributed by atoms with Crippen LogP contribution in [0.2, 0.25) is 0 Å². The van der Waals surface area contributed by atoms with E-state index in [0.29, 0.717) is 19.1 Å². The van der Waals surface area contributed by atoms with Crippen LogP contribution in [0.5, 0.6) is 11.5 Å².